The molecule has 2 aromatic carbocycles. The molecule has 0 aromatic heterocycles. The van der Waals surface area contributed by atoms with Crippen molar-refractivity contribution in [3.8, 4) is 11.5 Å². The molecule has 0 aliphatic rings. The molecule has 0 saturated carbocycles. The van der Waals surface area contributed by atoms with Crippen LogP contribution in [0.3, 0.4) is 0 Å². The first kappa shape index (κ1) is 38.2. The van der Waals surface area contributed by atoms with Crippen LogP contribution in [0.5, 0.6) is 11.5 Å². The molecule has 0 aliphatic heterocycles. The summed E-state index contributed by atoms with van der Waals surface area (Å²) < 4.78 is 12.6. The molecule has 0 radical (unpaired) electrons. The van der Waals surface area contributed by atoms with E-state index in [1.54, 1.807) is 24.3 Å². The molecular weight excluding hydrogens is 558 g/mol. The molecule has 5 nitrogen and oxygen atoms in total. The Bertz CT molecular complexity index is 1080. The summed E-state index contributed by atoms with van der Waals surface area (Å²) in [6, 6.07) is 10.7. The van der Waals surface area contributed by atoms with Crippen molar-refractivity contribution in [3.63, 3.8) is 0 Å². The summed E-state index contributed by atoms with van der Waals surface area (Å²) in [7, 11) is 0. The van der Waals surface area contributed by atoms with Crippen LogP contribution >= 0.6 is 0 Å². The first-order valence-electron chi connectivity index (χ1n) is 18.2. The lowest BCUT2D eigenvalue weighted by molar-refractivity contribution is 0.102. The Morgan fingerprint density at radius 2 is 1.09 bits per heavy atom. The Morgan fingerprint density at radius 3 is 1.56 bits per heavy atom. The van der Waals surface area contributed by atoms with Crippen molar-refractivity contribution in [3.05, 3.63) is 59.7 Å². The average Bonchev–Trinajstić information content (AvgIpc) is 3.03. The number of aryl methyl sites for hydroxylation is 1. The van der Waals surface area contributed by atoms with Gasteiger partial charge in [-0.05, 0) is 61.7 Å². The number of hydrogen-bond donors (Lipinski definition) is 2. The van der Waals surface area contributed by atoms with Gasteiger partial charge in [-0.25, -0.2) is 0 Å². The van der Waals surface area contributed by atoms with Gasteiger partial charge in [0.2, 0.25) is 0 Å². The van der Waals surface area contributed by atoms with E-state index in [0.29, 0.717) is 35.8 Å². The molecule has 45 heavy (non-hydrogen) atoms. The number of ether oxygens (including phenoxy) is 2. The van der Waals surface area contributed by atoms with Gasteiger partial charge in [-0.2, -0.15) is 0 Å². The van der Waals surface area contributed by atoms with Gasteiger partial charge in [0.15, 0.2) is 11.5 Å². The molecule has 0 bridgehead atoms. The second kappa shape index (κ2) is 24.3. The molecule has 2 rings (SSSR count). The van der Waals surface area contributed by atoms with E-state index in [9.17, 15) is 9.90 Å². The number of benzene rings is 2. The Labute approximate surface area is 275 Å². The standard InChI is InChI=1S/C40H63NO4/c1-5-7-9-11-13-15-17-19-21-23-29-44-38-32-36(40(43)41-37-27-25-35(26-28-37)34(4)42)31-33(3)39(38)45-30-24-22-20-18-16-14-12-10-8-6-2/h25-28,31-32,42H,4-24,29-30H2,1-3H3,(H,41,43). The van der Waals surface area contributed by atoms with Crippen LogP contribution in [0.25, 0.3) is 5.76 Å². The van der Waals surface area contributed by atoms with Crippen LogP contribution in [0.1, 0.15) is 164 Å². The second-order valence-electron chi connectivity index (χ2n) is 12.7. The van der Waals surface area contributed by atoms with E-state index < -0.39 is 0 Å². The van der Waals surface area contributed by atoms with Gasteiger partial charge in [-0.3, -0.25) is 4.79 Å². The molecule has 0 aliphatic carbocycles. The quantitative estimate of drug-likeness (QED) is 0.0769. The zero-order chi connectivity index (χ0) is 32.5. The molecule has 2 aromatic rings. The van der Waals surface area contributed by atoms with Gasteiger partial charge < -0.3 is 19.9 Å². The summed E-state index contributed by atoms with van der Waals surface area (Å²) in [4.78, 5) is 13.2. The third kappa shape index (κ3) is 16.8. The van der Waals surface area contributed by atoms with Crippen LogP contribution in [-0.4, -0.2) is 24.2 Å². The van der Waals surface area contributed by atoms with E-state index in [0.717, 1.165) is 30.6 Å². The van der Waals surface area contributed by atoms with Crippen molar-refractivity contribution < 1.29 is 19.4 Å². The minimum absolute atomic E-state index is 0.00101. The predicted molar refractivity (Wildman–Crippen MR) is 192 cm³/mol. The summed E-state index contributed by atoms with van der Waals surface area (Å²) in [5.74, 6) is 1.19. The fraction of sp³-hybridized carbons (Fsp3) is 0.625. The van der Waals surface area contributed by atoms with Gasteiger partial charge in [0, 0.05) is 16.8 Å². The van der Waals surface area contributed by atoms with E-state index in [2.05, 4.69) is 25.7 Å². The maximum Gasteiger partial charge on any atom is 0.255 e. The Kier molecular flexibility index (Phi) is 20.6. The van der Waals surface area contributed by atoms with E-state index in [4.69, 9.17) is 9.47 Å². The first-order valence-corrected chi connectivity index (χ1v) is 18.2. The molecule has 0 unspecified atom stereocenters. The fourth-order valence-corrected chi connectivity index (χ4v) is 5.65. The van der Waals surface area contributed by atoms with Gasteiger partial charge in [-0.1, -0.05) is 136 Å². The zero-order valence-electron chi connectivity index (χ0n) is 28.9. The van der Waals surface area contributed by atoms with Gasteiger partial charge in [0.05, 0.1) is 13.2 Å². The summed E-state index contributed by atoms with van der Waals surface area (Å²) in [6.07, 6.45) is 25.6. The molecule has 1 amide bonds. The molecule has 0 fully saturated rings. The predicted octanol–water partition coefficient (Wildman–Crippen LogP) is 12.4. The minimum Gasteiger partial charge on any atom is -0.508 e. The van der Waals surface area contributed by atoms with E-state index in [1.807, 2.05) is 19.1 Å². The number of amides is 1. The maximum absolute atomic E-state index is 13.2. The third-order valence-corrected chi connectivity index (χ3v) is 8.48. The highest BCUT2D eigenvalue weighted by molar-refractivity contribution is 6.05. The average molecular weight is 622 g/mol. The van der Waals surface area contributed by atoms with Crippen molar-refractivity contribution in [2.45, 2.75) is 149 Å². The van der Waals surface area contributed by atoms with Crippen LogP contribution in [0.2, 0.25) is 0 Å². The van der Waals surface area contributed by atoms with Crippen LogP contribution in [0, 0.1) is 6.92 Å². The lowest BCUT2D eigenvalue weighted by atomic mass is 10.1. The number of aliphatic hydroxyl groups is 1. The monoisotopic (exact) mass is 621 g/mol. The molecule has 0 atom stereocenters. The summed E-state index contributed by atoms with van der Waals surface area (Å²) >= 11 is 0. The van der Waals surface area contributed by atoms with Crippen LogP contribution in [-0.2, 0) is 0 Å². The van der Waals surface area contributed by atoms with Crippen molar-refractivity contribution in [1.29, 1.82) is 0 Å². The third-order valence-electron chi connectivity index (χ3n) is 8.48. The van der Waals surface area contributed by atoms with Crippen LogP contribution in [0.4, 0.5) is 5.69 Å². The number of carbonyl (C=O) groups is 1. The lowest BCUT2D eigenvalue weighted by Crippen LogP contribution is -2.13. The summed E-state index contributed by atoms with van der Waals surface area (Å²) in [5, 5.41) is 12.5. The Hall–Kier alpha value is -2.95. The normalized spacial score (nSPS) is 11.0. The summed E-state index contributed by atoms with van der Waals surface area (Å²) in [6.45, 7) is 11.3. The minimum atomic E-state index is -0.210. The number of aliphatic hydroxyl groups excluding tert-OH is 1. The van der Waals surface area contributed by atoms with Crippen molar-refractivity contribution in [2.24, 2.45) is 0 Å². The number of anilines is 1. The highest BCUT2D eigenvalue weighted by Crippen LogP contribution is 2.34. The van der Waals surface area contributed by atoms with E-state index in [-0.39, 0.29) is 11.7 Å². The number of unbranched alkanes of at least 4 members (excludes halogenated alkanes) is 18. The largest absolute Gasteiger partial charge is 0.508 e. The highest BCUT2D eigenvalue weighted by Gasteiger charge is 2.16. The smallest absolute Gasteiger partial charge is 0.255 e. The maximum atomic E-state index is 13.2. The molecular formula is C40H63NO4. The molecule has 2 N–H and O–H groups in total. The van der Waals surface area contributed by atoms with Crippen LogP contribution in [0.15, 0.2) is 43.0 Å². The number of nitrogens with one attached hydrogen (secondary N) is 1. The Balaban J connectivity index is 1.89. The van der Waals surface area contributed by atoms with Crippen LogP contribution < -0.4 is 14.8 Å². The van der Waals surface area contributed by atoms with Crippen molar-refractivity contribution in [2.75, 3.05) is 18.5 Å². The molecule has 252 valence electrons. The number of hydrogen-bond acceptors (Lipinski definition) is 4. The van der Waals surface area contributed by atoms with Gasteiger partial charge in [-0.15, -0.1) is 0 Å². The van der Waals surface area contributed by atoms with Gasteiger partial charge in [0.25, 0.3) is 5.91 Å². The molecule has 0 heterocycles. The first-order chi connectivity index (χ1) is 22.0. The van der Waals surface area contributed by atoms with Gasteiger partial charge in [0.1, 0.15) is 5.76 Å². The van der Waals surface area contributed by atoms with E-state index in [1.165, 1.54) is 109 Å². The van der Waals surface area contributed by atoms with E-state index >= 15 is 0 Å². The second-order valence-corrected chi connectivity index (χ2v) is 12.7. The highest BCUT2D eigenvalue weighted by atomic mass is 16.5. The molecule has 5 heteroatoms. The zero-order valence-corrected chi connectivity index (χ0v) is 28.9. The molecule has 0 spiro atoms. The van der Waals surface area contributed by atoms with Crippen molar-refractivity contribution >= 4 is 17.4 Å². The summed E-state index contributed by atoms with van der Waals surface area (Å²) in [5.41, 5.74) is 2.71. The SMILES string of the molecule is C=C(O)c1ccc(NC(=O)c2cc(C)c(OCCCCCCCCCCCC)c(OCCCCCCCCCCCC)c2)cc1. The topological polar surface area (TPSA) is 67.8 Å². The lowest BCUT2D eigenvalue weighted by Gasteiger charge is -2.17. The molecule has 0 saturated heterocycles. The van der Waals surface area contributed by atoms with Crippen molar-refractivity contribution in [1.82, 2.24) is 0 Å². The number of carbonyl (C=O) groups excluding carboxylic acids is 1. The number of rotatable bonds is 27. The fourth-order valence-electron chi connectivity index (χ4n) is 5.65. The Morgan fingerprint density at radius 1 is 0.644 bits per heavy atom. The van der Waals surface area contributed by atoms with Gasteiger partial charge >= 0.3 is 0 Å².